The van der Waals surface area contributed by atoms with Gasteiger partial charge in [-0.3, -0.25) is 13.1 Å². The number of hydrogen-bond donors (Lipinski definition) is 2. The minimum Gasteiger partial charge on any atom is -0.470 e. The maximum absolute atomic E-state index is 12.6. The Morgan fingerprint density at radius 3 is 2.71 bits per heavy atom. The quantitative estimate of drug-likeness (QED) is 0.0984. The van der Waals surface area contributed by atoms with Gasteiger partial charge in [0.15, 0.2) is 6.61 Å². The van der Waals surface area contributed by atoms with Crippen LogP contribution in [-0.2, 0) is 14.4 Å². The molecule has 1 saturated heterocycles. The van der Waals surface area contributed by atoms with Crippen molar-refractivity contribution in [3.05, 3.63) is 72.3 Å². The summed E-state index contributed by atoms with van der Waals surface area (Å²) in [5.74, 6) is -0.0717. The van der Waals surface area contributed by atoms with Crippen LogP contribution in [0.3, 0.4) is 0 Å². The van der Waals surface area contributed by atoms with Crippen LogP contribution in [0.15, 0.2) is 71.3 Å². The molecule has 38 heavy (non-hydrogen) atoms. The number of halogens is 3. The summed E-state index contributed by atoms with van der Waals surface area (Å²) < 4.78 is 44.7. The second-order valence-electron chi connectivity index (χ2n) is 8.48. The molecule has 2 N–H and O–H groups in total. The highest BCUT2D eigenvalue weighted by Crippen LogP contribution is 2.38. The van der Waals surface area contributed by atoms with Crippen LogP contribution >= 0.6 is 21.5 Å². The number of hydrogen-bond acceptors (Lipinski definition) is 8. The fourth-order valence-electron chi connectivity index (χ4n) is 4.11. The Hall–Kier alpha value is -3.39. The Morgan fingerprint density at radius 1 is 1.21 bits per heavy atom. The molecule has 0 saturated carbocycles. The average molecular weight is 635 g/mol. The third-order valence-corrected chi connectivity index (χ3v) is 7.70. The first-order valence-corrected chi connectivity index (χ1v) is 13.9. The minimum atomic E-state index is -2.64. The minimum absolute atomic E-state index is 0.0717. The molecule has 1 aromatic carbocycles. The van der Waals surface area contributed by atoms with Gasteiger partial charge in [-0.2, -0.15) is 5.10 Å². The number of pyridine rings is 2. The zero-order valence-electron chi connectivity index (χ0n) is 20.6. The highest BCUT2D eigenvalue weighted by Gasteiger charge is 2.24. The van der Waals surface area contributed by atoms with E-state index in [4.69, 9.17) is 4.74 Å². The summed E-state index contributed by atoms with van der Waals surface area (Å²) in [7, 11) is 0. The molecule has 3 aromatic rings. The molecule has 0 radical (unpaired) electrons. The van der Waals surface area contributed by atoms with E-state index in [1.807, 2.05) is 33.6 Å². The van der Waals surface area contributed by atoms with E-state index in [9.17, 15) is 11.8 Å². The fraction of sp³-hybridized carbons (Fsp3) is 0.308. The normalized spacial score (nSPS) is 14.3. The Balaban J connectivity index is 1.56. The van der Waals surface area contributed by atoms with Gasteiger partial charge < -0.3 is 15.4 Å². The van der Waals surface area contributed by atoms with Crippen molar-refractivity contribution >= 4 is 45.5 Å². The van der Waals surface area contributed by atoms with Gasteiger partial charge in [-0.25, -0.2) is 11.8 Å². The van der Waals surface area contributed by atoms with E-state index in [0.717, 1.165) is 48.4 Å². The SMILES string of the molecule is C=N/N=C(\OCC(F)F)c1ccc(CNc2ccc(-c3cccnc3)cc2N(I=O)C2CCNCC2)nc1. The number of nitrogens with zero attached hydrogens (tertiary/aromatic N) is 5. The van der Waals surface area contributed by atoms with Crippen molar-refractivity contribution in [1.82, 2.24) is 15.3 Å². The molecule has 9 nitrogen and oxygen atoms in total. The summed E-state index contributed by atoms with van der Waals surface area (Å²) in [4.78, 5) is 8.65. The zero-order valence-corrected chi connectivity index (χ0v) is 22.7. The van der Waals surface area contributed by atoms with Crippen molar-refractivity contribution in [1.29, 1.82) is 0 Å². The molecule has 0 aliphatic carbocycles. The largest absolute Gasteiger partial charge is 0.470 e. The smallest absolute Gasteiger partial charge is 0.273 e. The molecule has 0 bridgehead atoms. The van der Waals surface area contributed by atoms with Crippen LogP contribution in [0.1, 0.15) is 24.1 Å². The maximum atomic E-state index is 12.6. The highest BCUT2D eigenvalue weighted by molar-refractivity contribution is 14.1. The summed E-state index contributed by atoms with van der Waals surface area (Å²) in [5, 5.41) is 13.9. The van der Waals surface area contributed by atoms with Gasteiger partial charge in [0.2, 0.25) is 5.90 Å². The molecule has 1 aliphatic heterocycles. The molecule has 2 aromatic heterocycles. The lowest BCUT2D eigenvalue weighted by Crippen LogP contribution is -2.39. The van der Waals surface area contributed by atoms with E-state index in [-0.39, 0.29) is 11.9 Å². The van der Waals surface area contributed by atoms with Gasteiger partial charge in [-0.1, -0.05) is 12.1 Å². The standard InChI is InChI=1S/C26H28F2IN7O2/c1-30-35-26(38-17-25(27)28)20-4-6-21(33-15-20)16-34-23-7-5-18(19-3-2-10-32-14-19)13-24(23)36(29-37)22-8-11-31-12-9-22/h2-7,10,13-15,22,25,31,34H,1,8-9,11-12,16-17H2/b35-26-. The molecule has 4 rings (SSSR count). The second kappa shape index (κ2) is 14.0. The first-order chi connectivity index (χ1) is 18.6. The molecule has 0 atom stereocenters. The number of nitrogens with one attached hydrogen (secondary N) is 2. The lowest BCUT2D eigenvalue weighted by molar-refractivity contribution is 0.0765. The highest BCUT2D eigenvalue weighted by atomic mass is 127. The number of piperidine rings is 1. The molecule has 200 valence electrons. The molecule has 0 spiro atoms. The zero-order chi connectivity index (χ0) is 26.7. The molecular formula is C26H28F2IN7O2. The lowest BCUT2D eigenvalue weighted by Gasteiger charge is -2.32. The number of benzene rings is 1. The van der Waals surface area contributed by atoms with Gasteiger partial charge in [0.05, 0.1) is 29.2 Å². The van der Waals surface area contributed by atoms with Crippen LogP contribution in [0.5, 0.6) is 0 Å². The van der Waals surface area contributed by atoms with Crippen molar-refractivity contribution in [2.75, 3.05) is 28.1 Å². The molecular weight excluding hydrogens is 607 g/mol. The van der Waals surface area contributed by atoms with Gasteiger partial charge in [0.25, 0.3) is 27.9 Å². The Morgan fingerprint density at radius 2 is 2.05 bits per heavy atom. The van der Waals surface area contributed by atoms with Crippen LogP contribution < -0.4 is 13.7 Å². The van der Waals surface area contributed by atoms with Crippen molar-refractivity contribution in [3.8, 4) is 11.1 Å². The lowest BCUT2D eigenvalue weighted by atomic mass is 10.0. The molecule has 12 heteroatoms. The van der Waals surface area contributed by atoms with E-state index in [0.29, 0.717) is 17.8 Å². The molecule has 1 fully saturated rings. The first kappa shape index (κ1) is 27.6. The Kier molecular flexibility index (Phi) is 10.1. The van der Waals surface area contributed by atoms with Crippen molar-refractivity contribution in [3.63, 3.8) is 0 Å². The predicted octanol–water partition coefficient (Wildman–Crippen LogP) is 5.19. The van der Waals surface area contributed by atoms with Crippen molar-refractivity contribution < 1.29 is 16.6 Å². The maximum Gasteiger partial charge on any atom is 0.273 e. The van der Waals surface area contributed by atoms with E-state index < -0.39 is 34.5 Å². The van der Waals surface area contributed by atoms with E-state index in [2.05, 4.69) is 43.6 Å². The summed E-state index contributed by atoms with van der Waals surface area (Å²) in [6.45, 7) is 4.62. The van der Waals surface area contributed by atoms with E-state index in [1.54, 1.807) is 18.3 Å². The molecule has 1 aliphatic rings. The molecule has 3 heterocycles. The molecule has 0 amide bonds. The van der Waals surface area contributed by atoms with E-state index in [1.165, 1.54) is 6.20 Å². The van der Waals surface area contributed by atoms with Crippen molar-refractivity contribution in [2.24, 2.45) is 10.2 Å². The van der Waals surface area contributed by atoms with Gasteiger partial charge in [-0.05, 0) is 61.8 Å². The van der Waals surface area contributed by atoms with Crippen LogP contribution in [0.4, 0.5) is 20.2 Å². The van der Waals surface area contributed by atoms with Gasteiger partial charge in [0, 0.05) is 36.9 Å². The third kappa shape index (κ3) is 7.34. The summed E-state index contributed by atoms with van der Waals surface area (Å²) in [6, 6.07) is 13.6. The number of alkyl halides is 2. The number of aromatic nitrogens is 2. The van der Waals surface area contributed by atoms with Crippen LogP contribution in [0, 0.1) is 0 Å². The predicted molar refractivity (Wildman–Crippen MR) is 152 cm³/mol. The molecule has 0 unspecified atom stereocenters. The first-order valence-electron chi connectivity index (χ1n) is 12.0. The van der Waals surface area contributed by atoms with Gasteiger partial charge in [0.1, 0.15) is 0 Å². The third-order valence-electron chi connectivity index (χ3n) is 5.97. The van der Waals surface area contributed by atoms with E-state index >= 15 is 0 Å². The van der Waals surface area contributed by atoms with Crippen LogP contribution in [0.25, 0.3) is 11.1 Å². The second-order valence-corrected chi connectivity index (χ2v) is 9.91. The number of rotatable bonds is 11. The van der Waals surface area contributed by atoms with Crippen molar-refractivity contribution in [2.45, 2.75) is 31.9 Å². The Bertz CT molecular complexity index is 1240. The van der Waals surface area contributed by atoms with Crippen LogP contribution in [0.2, 0.25) is 0 Å². The van der Waals surface area contributed by atoms with Crippen LogP contribution in [-0.4, -0.2) is 54.7 Å². The summed E-state index contributed by atoms with van der Waals surface area (Å²) in [5.41, 5.74) is 4.81. The fourth-order valence-corrected chi connectivity index (χ4v) is 5.60. The monoisotopic (exact) mass is 635 g/mol. The number of ether oxygens (including phenoxy) is 1. The Labute approximate surface area is 230 Å². The number of anilines is 2. The summed E-state index contributed by atoms with van der Waals surface area (Å²) in [6.07, 6.45) is 4.22. The van der Waals surface area contributed by atoms with Gasteiger partial charge >= 0.3 is 0 Å². The van der Waals surface area contributed by atoms with Gasteiger partial charge in [-0.15, -0.1) is 5.10 Å². The topological polar surface area (TPSA) is 104 Å². The summed E-state index contributed by atoms with van der Waals surface area (Å²) >= 11 is -1.46. The average Bonchev–Trinajstić information content (AvgIpc) is 2.96.